The van der Waals surface area contributed by atoms with Gasteiger partial charge in [-0.25, -0.2) is 0 Å². The van der Waals surface area contributed by atoms with Crippen LogP contribution in [-0.4, -0.2) is 48.2 Å². The van der Waals surface area contributed by atoms with Crippen molar-refractivity contribution >= 4 is 17.5 Å². The van der Waals surface area contributed by atoms with Gasteiger partial charge in [0, 0.05) is 43.5 Å². The Hall–Kier alpha value is -1.10. The van der Waals surface area contributed by atoms with Crippen LogP contribution in [0.3, 0.4) is 0 Å². The zero-order valence-electron chi connectivity index (χ0n) is 12.9. The molecule has 4 nitrogen and oxygen atoms in total. The van der Waals surface area contributed by atoms with E-state index >= 15 is 0 Å². The Morgan fingerprint density at radius 2 is 2.27 bits per heavy atom. The summed E-state index contributed by atoms with van der Waals surface area (Å²) < 4.78 is 0. The van der Waals surface area contributed by atoms with Crippen LogP contribution in [0.4, 0.5) is 0 Å². The summed E-state index contributed by atoms with van der Waals surface area (Å²) in [6.07, 6.45) is 0.899. The largest absolute Gasteiger partial charge is 0.391 e. The fraction of sp³-hybridized carbons (Fsp3) is 0.588. The molecule has 0 aliphatic carbocycles. The van der Waals surface area contributed by atoms with Crippen molar-refractivity contribution in [3.05, 3.63) is 34.3 Å². The van der Waals surface area contributed by atoms with E-state index in [4.69, 9.17) is 11.6 Å². The highest BCUT2D eigenvalue weighted by atomic mass is 35.5. The number of halogens is 1. The summed E-state index contributed by atoms with van der Waals surface area (Å²) in [6.45, 7) is 4.94. The maximum atomic E-state index is 12.6. The molecule has 2 N–H and O–H groups in total. The van der Waals surface area contributed by atoms with Gasteiger partial charge < -0.3 is 15.3 Å². The van der Waals surface area contributed by atoms with E-state index in [1.807, 2.05) is 17.0 Å². The number of carbonyl (C=O) groups is 1. The summed E-state index contributed by atoms with van der Waals surface area (Å²) in [7, 11) is 0. The van der Waals surface area contributed by atoms with Gasteiger partial charge in [-0.1, -0.05) is 24.6 Å². The van der Waals surface area contributed by atoms with Gasteiger partial charge in [0.1, 0.15) is 0 Å². The summed E-state index contributed by atoms with van der Waals surface area (Å²) >= 11 is 6.11. The molecule has 1 amide bonds. The van der Waals surface area contributed by atoms with Gasteiger partial charge in [0.05, 0.1) is 6.10 Å². The highest BCUT2D eigenvalue weighted by Gasteiger charge is 2.30. The van der Waals surface area contributed by atoms with E-state index in [-0.39, 0.29) is 17.7 Å². The first-order valence-electron chi connectivity index (χ1n) is 7.99. The number of nitrogens with one attached hydrogen (secondary N) is 1. The second-order valence-corrected chi connectivity index (χ2v) is 6.96. The van der Waals surface area contributed by atoms with Crippen LogP contribution in [0.25, 0.3) is 0 Å². The minimum atomic E-state index is -0.399. The molecule has 2 aliphatic heterocycles. The number of carbonyl (C=O) groups excluding carboxylic acids is 1. The lowest BCUT2D eigenvalue weighted by Gasteiger charge is -2.25. The molecule has 22 heavy (non-hydrogen) atoms. The third kappa shape index (κ3) is 3.29. The highest BCUT2D eigenvalue weighted by molar-refractivity contribution is 6.30. The minimum Gasteiger partial charge on any atom is -0.391 e. The van der Waals surface area contributed by atoms with Crippen molar-refractivity contribution in [2.45, 2.75) is 31.8 Å². The molecule has 0 spiro atoms. The summed E-state index contributed by atoms with van der Waals surface area (Å²) in [5.74, 6) is 0.480. The molecule has 1 unspecified atom stereocenters. The summed E-state index contributed by atoms with van der Waals surface area (Å²) in [5, 5.41) is 13.8. The standard InChI is InChI=1S/C17H23ClN2O2/c1-11-10-20(17(22)6-13-8-19-9-16(13)21)5-4-12-2-3-14(18)7-15(11)12/h2-3,7,11,13,16,19,21H,4-6,8-10H2,1H3/t11?,13-,16-/m1/s1. The maximum absolute atomic E-state index is 12.6. The van der Waals surface area contributed by atoms with E-state index in [0.29, 0.717) is 13.0 Å². The first-order valence-corrected chi connectivity index (χ1v) is 8.37. The van der Waals surface area contributed by atoms with Crippen molar-refractivity contribution in [3.8, 4) is 0 Å². The lowest BCUT2D eigenvalue weighted by molar-refractivity contribution is -0.132. The Balaban J connectivity index is 1.68. The Morgan fingerprint density at radius 1 is 1.45 bits per heavy atom. The molecule has 120 valence electrons. The van der Waals surface area contributed by atoms with Crippen LogP contribution in [0.2, 0.25) is 5.02 Å². The van der Waals surface area contributed by atoms with Gasteiger partial charge in [0.15, 0.2) is 0 Å². The van der Waals surface area contributed by atoms with Crippen LogP contribution in [0.1, 0.15) is 30.4 Å². The number of amides is 1. The van der Waals surface area contributed by atoms with Gasteiger partial charge in [0.2, 0.25) is 5.91 Å². The number of benzene rings is 1. The summed E-state index contributed by atoms with van der Waals surface area (Å²) in [6, 6.07) is 6.03. The molecule has 0 radical (unpaired) electrons. The lowest BCUT2D eigenvalue weighted by atomic mass is 9.95. The number of aliphatic hydroxyl groups is 1. The third-order valence-electron chi connectivity index (χ3n) is 4.88. The molecular weight excluding hydrogens is 300 g/mol. The topological polar surface area (TPSA) is 52.6 Å². The first kappa shape index (κ1) is 15.8. The van der Waals surface area contributed by atoms with E-state index in [1.54, 1.807) is 0 Å². The van der Waals surface area contributed by atoms with Crippen LogP contribution in [-0.2, 0) is 11.2 Å². The Labute approximate surface area is 136 Å². The smallest absolute Gasteiger partial charge is 0.223 e. The Bertz CT molecular complexity index is 564. The molecule has 1 saturated heterocycles. The molecule has 0 aromatic heterocycles. The molecule has 1 fully saturated rings. The molecule has 3 rings (SSSR count). The van der Waals surface area contributed by atoms with Gasteiger partial charge in [-0.2, -0.15) is 0 Å². The monoisotopic (exact) mass is 322 g/mol. The predicted molar refractivity (Wildman–Crippen MR) is 87.1 cm³/mol. The SMILES string of the molecule is CC1CN(C(=O)C[C@@H]2CNC[C@H]2O)CCc2ccc(Cl)cc21. The highest BCUT2D eigenvalue weighted by Crippen LogP contribution is 2.28. The van der Waals surface area contributed by atoms with E-state index in [2.05, 4.69) is 18.3 Å². The third-order valence-corrected chi connectivity index (χ3v) is 5.11. The number of aliphatic hydroxyl groups excluding tert-OH is 1. The van der Waals surface area contributed by atoms with Crippen molar-refractivity contribution in [1.82, 2.24) is 10.2 Å². The molecule has 0 bridgehead atoms. The quantitative estimate of drug-likeness (QED) is 0.873. The number of β-amino-alcohol motifs (C(OH)–C–C–N with tert-alkyl or cyclic N) is 1. The summed E-state index contributed by atoms with van der Waals surface area (Å²) in [4.78, 5) is 14.5. The summed E-state index contributed by atoms with van der Waals surface area (Å²) in [5.41, 5.74) is 2.54. The molecular formula is C17H23ClN2O2. The zero-order chi connectivity index (χ0) is 15.7. The normalized spacial score (nSPS) is 28.3. The van der Waals surface area contributed by atoms with Crippen molar-refractivity contribution < 1.29 is 9.90 Å². The molecule has 2 aliphatic rings. The number of fused-ring (bicyclic) bond motifs is 1. The van der Waals surface area contributed by atoms with Gasteiger partial charge in [-0.15, -0.1) is 0 Å². The Kier molecular flexibility index (Phi) is 4.71. The predicted octanol–water partition coefficient (Wildman–Crippen LogP) is 1.80. The molecule has 1 aromatic carbocycles. The average Bonchev–Trinajstić information content (AvgIpc) is 2.81. The maximum Gasteiger partial charge on any atom is 0.223 e. The van der Waals surface area contributed by atoms with Crippen molar-refractivity contribution in [2.24, 2.45) is 5.92 Å². The van der Waals surface area contributed by atoms with Crippen molar-refractivity contribution in [1.29, 1.82) is 0 Å². The van der Waals surface area contributed by atoms with Crippen LogP contribution in [0, 0.1) is 5.92 Å². The minimum absolute atomic E-state index is 0.0443. The molecule has 2 heterocycles. The molecule has 0 saturated carbocycles. The van der Waals surface area contributed by atoms with Crippen molar-refractivity contribution in [2.75, 3.05) is 26.2 Å². The fourth-order valence-corrected chi connectivity index (χ4v) is 3.72. The van der Waals surface area contributed by atoms with E-state index in [9.17, 15) is 9.90 Å². The zero-order valence-corrected chi connectivity index (χ0v) is 13.6. The number of nitrogens with zero attached hydrogens (tertiary/aromatic N) is 1. The van der Waals surface area contributed by atoms with Gasteiger partial charge >= 0.3 is 0 Å². The number of hydrogen-bond acceptors (Lipinski definition) is 3. The van der Waals surface area contributed by atoms with Crippen LogP contribution < -0.4 is 5.32 Å². The molecule has 5 heteroatoms. The van der Waals surface area contributed by atoms with Crippen molar-refractivity contribution in [3.63, 3.8) is 0 Å². The lowest BCUT2D eigenvalue weighted by Crippen LogP contribution is -2.36. The van der Waals surface area contributed by atoms with Crippen LogP contribution in [0.15, 0.2) is 18.2 Å². The van der Waals surface area contributed by atoms with Gasteiger partial charge in [-0.3, -0.25) is 4.79 Å². The van der Waals surface area contributed by atoms with Crippen LogP contribution in [0.5, 0.6) is 0 Å². The fourth-order valence-electron chi connectivity index (χ4n) is 3.54. The first-order chi connectivity index (χ1) is 10.5. The van der Waals surface area contributed by atoms with E-state index in [0.717, 1.165) is 31.1 Å². The Morgan fingerprint density at radius 3 is 3.00 bits per heavy atom. The van der Waals surface area contributed by atoms with Gasteiger partial charge in [-0.05, 0) is 35.6 Å². The second kappa shape index (κ2) is 6.57. The van der Waals surface area contributed by atoms with E-state index in [1.165, 1.54) is 11.1 Å². The number of rotatable bonds is 2. The molecule has 3 atom stereocenters. The second-order valence-electron chi connectivity index (χ2n) is 6.52. The van der Waals surface area contributed by atoms with Gasteiger partial charge in [0.25, 0.3) is 0 Å². The van der Waals surface area contributed by atoms with Crippen LogP contribution >= 0.6 is 11.6 Å². The van der Waals surface area contributed by atoms with E-state index < -0.39 is 6.10 Å². The average molecular weight is 323 g/mol. The number of hydrogen-bond donors (Lipinski definition) is 2. The molecule has 1 aromatic rings.